The molecule has 0 saturated heterocycles. The standard InChI is InChI=1S/C74H132O6/c1-4-7-10-13-16-19-22-25-28-29-30-31-32-33-34-35-36-37-38-39-40-41-42-43-44-45-47-49-52-55-58-61-64-67-73(76)79-70-71(69-78-72(75)66-63-60-57-54-51-48-27-24-21-18-15-12-9-6-3)80-74(77)68-65-62-59-56-53-50-46-26-23-20-17-14-11-8-5-2/h8,11,17,20,22,25-26,29-30,32-33,46,71H,4-7,9-10,12-16,18-19,21,23-24,27-28,31,34-45,47-70H2,1-3H3/b11-8-,20-17-,25-22-,30-29-,33-32-,46-26-. The molecule has 1 unspecified atom stereocenters. The second-order valence-corrected chi connectivity index (χ2v) is 23.4. The first-order chi connectivity index (χ1) is 39.5. The third kappa shape index (κ3) is 65.7. The van der Waals surface area contributed by atoms with E-state index in [4.69, 9.17) is 14.2 Å². The maximum absolute atomic E-state index is 12.9. The minimum Gasteiger partial charge on any atom is -0.462 e. The van der Waals surface area contributed by atoms with E-state index < -0.39 is 6.10 Å². The molecule has 0 radical (unpaired) electrons. The average Bonchev–Trinajstić information content (AvgIpc) is 3.46. The molecule has 0 amide bonds. The van der Waals surface area contributed by atoms with E-state index >= 15 is 0 Å². The smallest absolute Gasteiger partial charge is 0.306 e. The van der Waals surface area contributed by atoms with Gasteiger partial charge in [-0.3, -0.25) is 14.4 Å². The quantitative estimate of drug-likeness (QED) is 0.0261. The lowest BCUT2D eigenvalue weighted by molar-refractivity contribution is -0.167. The van der Waals surface area contributed by atoms with E-state index in [2.05, 4.69) is 93.7 Å². The van der Waals surface area contributed by atoms with Gasteiger partial charge in [0.1, 0.15) is 13.2 Å². The Hall–Kier alpha value is -3.15. The van der Waals surface area contributed by atoms with Crippen molar-refractivity contribution in [3.05, 3.63) is 72.9 Å². The molecule has 0 aliphatic rings. The molecule has 80 heavy (non-hydrogen) atoms. The number of carbonyl (C=O) groups excluding carboxylic acids is 3. The van der Waals surface area contributed by atoms with Crippen molar-refractivity contribution in [2.75, 3.05) is 13.2 Å². The summed E-state index contributed by atoms with van der Waals surface area (Å²) in [7, 11) is 0. The molecule has 0 aliphatic carbocycles. The van der Waals surface area contributed by atoms with E-state index in [1.54, 1.807) is 0 Å². The van der Waals surface area contributed by atoms with Crippen LogP contribution in [-0.4, -0.2) is 37.2 Å². The van der Waals surface area contributed by atoms with Gasteiger partial charge in [0, 0.05) is 19.3 Å². The molecule has 0 N–H and O–H groups in total. The summed E-state index contributed by atoms with van der Waals surface area (Å²) < 4.78 is 16.9. The topological polar surface area (TPSA) is 78.9 Å². The Morgan fingerprint density at radius 3 is 0.762 bits per heavy atom. The molecule has 0 fully saturated rings. The molecular formula is C74H132O6. The fourth-order valence-electron chi connectivity index (χ4n) is 10.2. The van der Waals surface area contributed by atoms with Crippen molar-refractivity contribution >= 4 is 17.9 Å². The zero-order valence-corrected chi connectivity index (χ0v) is 53.3. The summed E-state index contributed by atoms with van der Waals surface area (Å²) in [4.78, 5) is 38.3. The minimum absolute atomic E-state index is 0.0776. The van der Waals surface area contributed by atoms with Crippen molar-refractivity contribution in [1.82, 2.24) is 0 Å². The van der Waals surface area contributed by atoms with Crippen LogP contribution in [0.3, 0.4) is 0 Å². The summed E-state index contributed by atoms with van der Waals surface area (Å²) in [5, 5.41) is 0. The number of carbonyl (C=O) groups is 3. The molecule has 0 rings (SSSR count). The van der Waals surface area contributed by atoms with Gasteiger partial charge in [0.25, 0.3) is 0 Å². The van der Waals surface area contributed by atoms with E-state index in [9.17, 15) is 14.4 Å². The van der Waals surface area contributed by atoms with Crippen molar-refractivity contribution in [3.8, 4) is 0 Å². The number of rotatable bonds is 64. The number of ether oxygens (including phenoxy) is 3. The summed E-state index contributed by atoms with van der Waals surface area (Å²) in [6.07, 6.45) is 89.4. The predicted molar refractivity (Wildman–Crippen MR) is 348 cm³/mol. The summed E-state index contributed by atoms with van der Waals surface area (Å²) in [5.41, 5.74) is 0. The van der Waals surface area contributed by atoms with Crippen LogP contribution in [0.25, 0.3) is 0 Å². The lowest BCUT2D eigenvalue weighted by atomic mass is 10.0. The van der Waals surface area contributed by atoms with E-state index in [0.717, 1.165) is 109 Å². The first kappa shape index (κ1) is 76.9. The first-order valence-electron chi connectivity index (χ1n) is 34.9. The van der Waals surface area contributed by atoms with Gasteiger partial charge >= 0.3 is 17.9 Å². The van der Waals surface area contributed by atoms with Crippen LogP contribution in [0.2, 0.25) is 0 Å². The van der Waals surface area contributed by atoms with Gasteiger partial charge in [0.2, 0.25) is 0 Å². The van der Waals surface area contributed by atoms with Crippen LogP contribution >= 0.6 is 0 Å². The van der Waals surface area contributed by atoms with Crippen LogP contribution < -0.4 is 0 Å². The third-order valence-electron chi connectivity index (χ3n) is 15.4. The lowest BCUT2D eigenvalue weighted by Gasteiger charge is -2.18. The van der Waals surface area contributed by atoms with E-state index in [0.29, 0.717) is 19.3 Å². The second-order valence-electron chi connectivity index (χ2n) is 23.4. The molecule has 6 nitrogen and oxygen atoms in total. The van der Waals surface area contributed by atoms with Gasteiger partial charge in [0.15, 0.2) is 6.10 Å². The van der Waals surface area contributed by atoms with Crippen LogP contribution in [-0.2, 0) is 28.6 Å². The number of hydrogen-bond donors (Lipinski definition) is 0. The normalized spacial score (nSPS) is 12.5. The SMILES string of the molecule is CC/C=C\C/C=C\C/C=C\CCCCCCCC(=O)OC(COC(=O)CCCCCCCCCCCCCCCC)COC(=O)CCCCCCCCCCCCCCCCCCCC/C=C\C/C=C\C/C=C\CCCCCCC. The van der Waals surface area contributed by atoms with Crippen molar-refractivity contribution in [1.29, 1.82) is 0 Å². The highest BCUT2D eigenvalue weighted by molar-refractivity contribution is 5.71. The fourth-order valence-corrected chi connectivity index (χ4v) is 10.2. The minimum atomic E-state index is -0.782. The van der Waals surface area contributed by atoms with Crippen LogP contribution in [0.1, 0.15) is 361 Å². The Morgan fingerprint density at radius 1 is 0.263 bits per heavy atom. The van der Waals surface area contributed by atoms with Crippen molar-refractivity contribution in [2.24, 2.45) is 0 Å². The van der Waals surface area contributed by atoms with Gasteiger partial charge in [-0.25, -0.2) is 0 Å². The van der Waals surface area contributed by atoms with Crippen molar-refractivity contribution < 1.29 is 28.6 Å². The number of esters is 3. The highest BCUT2D eigenvalue weighted by atomic mass is 16.6. The fraction of sp³-hybridized carbons (Fsp3) is 0.797. The Balaban J connectivity index is 4.14. The molecule has 464 valence electrons. The highest BCUT2D eigenvalue weighted by Crippen LogP contribution is 2.18. The maximum atomic E-state index is 12.9. The number of allylic oxidation sites excluding steroid dienone is 12. The number of unbranched alkanes of at least 4 members (excludes halogenated alkanes) is 41. The molecule has 0 bridgehead atoms. The Labute approximate surface area is 497 Å². The van der Waals surface area contributed by atoms with Gasteiger partial charge in [-0.2, -0.15) is 0 Å². The zero-order valence-electron chi connectivity index (χ0n) is 53.3. The highest BCUT2D eigenvalue weighted by Gasteiger charge is 2.19. The van der Waals surface area contributed by atoms with Gasteiger partial charge in [-0.15, -0.1) is 0 Å². The van der Waals surface area contributed by atoms with Crippen LogP contribution in [0.5, 0.6) is 0 Å². The molecule has 1 atom stereocenters. The largest absolute Gasteiger partial charge is 0.462 e. The molecular weight excluding hydrogens is 985 g/mol. The van der Waals surface area contributed by atoms with Gasteiger partial charge in [-0.05, 0) is 89.9 Å². The molecule has 0 aliphatic heterocycles. The maximum Gasteiger partial charge on any atom is 0.306 e. The van der Waals surface area contributed by atoms with E-state index in [1.807, 2.05) is 0 Å². The van der Waals surface area contributed by atoms with Gasteiger partial charge in [0.05, 0.1) is 0 Å². The monoisotopic (exact) mass is 1120 g/mol. The average molecular weight is 1120 g/mol. The zero-order chi connectivity index (χ0) is 57.8. The Bertz CT molecular complexity index is 1470. The molecule has 0 heterocycles. The van der Waals surface area contributed by atoms with Crippen LogP contribution in [0, 0.1) is 0 Å². The lowest BCUT2D eigenvalue weighted by Crippen LogP contribution is -2.30. The molecule has 0 saturated carbocycles. The molecule has 6 heteroatoms. The Morgan fingerprint density at radius 2 is 0.487 bits per heavy atom. The third-order valence-corrected chi connectivity index (χ3v) is 15.4. The van der Waals surface area contributed by atoms with Crippen LogP contribution in [0.15, 0.2) is 72.9 Å². The molecule has 0 aromatic heterocycles. The Kier molecular flexibility index (Phi) is 65.7. The van der Waals surface area contributed by atoms with Crippen LogP contribution in [0.4, 0.5) is 0 Å². The second kappa shape index (κ2) is 68.3. The summed E-state index contributed by atoms with van der Waals surface area (Å²) in [6.45, 7) is 6.55. The van der Waals surface area contributed by atoms with Gasteiger partial charge in [-0.1, -0.05) is 325 Å². The molecule has 0 aromatic carbocycles. The van der Waals surface area contributed by atoms with Crippen molar-refractivity contribution in [2.45, 2.75) is 367 Å². The summed E-state index contributed by atoms with van der Waals surface area (Å²) >= 11 is 0. The predicted octanol–water partition coefficient (Wildman–Crippen LogP) is 24.1. The van der Waals surface area contributed by atoms with Gasteiger partial charge < -0.3 is 14.2 Å². The summed E-state index contributed by atoms with van der Waals surface area (Å²) in [6, 6.07) is 0. The molecule has 0 aromatic rings. The summed E-state index contributed by atoms with van der Waals surface area (Å²) in [5.74, 6) is -0.875. The van der Waals surface area contributed by atoms with E-state index in [-0.39, 0.29) is 31.1 Å². The first-order valence-corrected chi connectivity index (χ1v) is 34.9. The van der Waals surface area contributed by atoms with E-state index in [1.165, 1.54) is 212 Å². The van der Waals surface area contributed by atoms with Crippen molar-refractivity contribution in [3.63, 3.8) is 0 Å². The number of hydrogen-bond acceptors (Lipinski definition) is 6. The molecule has 0 spiro atoms.